The Kier molecular flexibility index (Phi) is 3.10. The molecule has 0 N–H and O–H groups in total. The highest BCUT2D eigenvalue weighted by Gasteiger charge is 2.15. The molecule has 0 radical (unpaired) electrons. The van der Waals surface area contributed by atoms with E-state index in [0.29, 0.717) is 0 Å². The highest BCUT2D eigenvalue weighted by atomic mass is 15.2. The molecular formula is C15H21N3. The van der Waals surface area contributed by atoms with Crippen molar-refractivity contribution < 1.29 is 0 Å². The van der Waals surface area contributed by atoms with Gasteiger partial charge in [-0.05, 0) is 18.7 Å². The lowest BCUT2D eigenvalue weighted by Gasteiger charge is -2.32. The summed E-state index contributed by atoms with van der Waals surface area (Å²) in [6, 6.07) is 8.68. The second-order valence-corrected chi connectivity index (χ2v) is 5.36. The Morgan fingerprint density at radius 3 is 2.50 bits per heavy atom. The van der Waals surface area contributed by atoms with Crippen LogP contribution in [0.2, 0.25) is 0 Å². The van der Waals surface area contributed by atoms with E-state index in [1.54, 1.807) is 0 Å². The normalized spacial score (nSPS) is 18.6. The van der Waals surface area contributed by atoms with E-state index in [-0.39, 0.29) is 0 Å². The minimum atomic E-state index is 1.08. The van der Waals surface area contributed by atoms with Gasteiger partial charge in [-0.1, -0.05) is 18.2 Å². The summed E-state index contributed by atoms with van der Waals surface area (Å²) in [7, 11) is 4.34. The Balaban J connectivity index is 1.82. The maximum absolute atomic E-state index is 2.56. The van der Waals surface area contributed by atoms with Crippen molar-refractivity contribution in [3.05, 3.63) is 36.0 Å². The van der Waals surface area contributed by atoms with Crippen molar-refractivity contribution in [3.8, 4) is 0 Å². The fourth-order valence-corrected chi connectivity index (χ4v) is 2.80. The Morgan fingerprint density at radius 2 is 1.72 bits per heavy atom. The summed E-state index contributed by atoms with van der Waals surface area (Å²) in [6.45, 7) is 5.81. The molecule has 3 nitrogen and oxygen atoms in total. The van der Waals surface area contributed by atoms with Gasteiger partial charge in [0.15, 0.2) is 0 Å². The lowest BCUT2D eigenvalue weighted by atomic mass is 10.1. The molecule has 1 aromatic heterocycles. The van der Waals surface area contributed by atoms with Gasteiger partial charge in [0.1, 0.15) is 0 Å². The van der Waals surface area contributed by atoms with Gasteiger partial charge in [-0.3, -0.25) is 4.90 Å². The third-order valence-electron chi connectivity index (χ3n) is 3.97. The van der Waals surface area contributed by atoms with Crippen molar-refractivity contribution in [2.45, 2.75) is 6.54 Å². The van der Waals surface area contributed by atoms with E-state index < -0.39 is 0 Å². The summed E-state index contributed by atoms with van der Waals surface area (Å²) in [5, 5.41) is 1.40. The Hall–Kier alpha value is -1.32. The van der Waals surface area contributed by atoms with Gasteiger partial charge < -0.3 is 9.47 Å². The molecule has 0 spiro atoms. The number of para-hydroxylation sites is 1. The first-order valence-corrected chi connectivity index (χ1v) is 6.68. The van der Waals surface area contributed by atoms with Crippen LogP contribution in [0.4, 0.5) is 0 Å². The van der Waals surface area contributed by atoms with Crippen LogP contribution in [-0.4, -0.2) is 47.6 Å². The number of piperazine rings is 1. The van der Waals surface area contributed by atoms with Crippen molar-refractivity contribution in [2.24, 2.45) is 7.05 Å². The molecule has 96 valence electrons. The van der Waals surface area contributed by atoms with Crippen LogP contribution >= 0.6 is 0 Å². The maximum Gasteiger partial charge on any atom is 0.0481 e. The highest BCUT2D eigenvalue weighted by molar-refractivity contribution is 5.83. The maximum atomic E-state index is 2.56. The molecule has 18 heavy (non-hydrogen) atoms. The number of benzene rings is 1. The number of aryl methyl sites for hydroxylation is 1. The van der Waals surface area contributed by atoms with Crippen LogP contribution in [-0.2, 0) is 13.6 Å². The topological polar surface area (TPSA) is 11.4 Å². The number of nitrogens with zero attached hydrogens (tertiary/aromatic N) is 3. The van der Waals surface area contributed by atoms with Crippen molar-refractivity contribution >= 4 is 10.9 Å². The van der Waals surface area contributed by atoms with Crippen LogP contribution in [0.3, 0.4) is 0 Å². The number of likely N-dealkylation sites (N-methyl/N-ethyl adjacent to an activating group) is 1. The quantitative estimate of drug-likeness (QED) is 0.798. The summed E-state index contributed by atoms with van der Waals surface area (Å²) >= 11 is 0. The van der Waals surface area contributed by atoms with Gasteiger partial charge in [-0.2, -0.15) is 0 Å². The largest absolute Gasteiger partial charge is 0.350 e. The van der Waals surface area contributed by atoms with E-state index >= 15 is 0 Å². The summed E-state index contributed by atoms with van der Waals surface area (Å²) < 4.78 is 2.24. The molecule has 0 aliphatic carbocycles. The molecule has 1 saturated heterocycles. The van der Waals surface area contributed by atoms with Crippen molar-refractivity contribution in [1.29, 1.82) is 0 Å². The molecule has 0 atom stereocenters. The molecule has 0 unspecified atom stereocenters. The molecule has 2 aromatic rings. The SMILES string of the molecule is CN1CCN(Cc2cn(C)c3ccccc23)CC1. The van der Waals surface area contributed by atoms with E-state index in [2.05, 4.69) is 58.9 Å². The zero-order valence-electron chi connectivity index (χ0n) is 11.3. The van der Waals surface area contributed by atoms with Crippen LogP contribution in [0.25, 0.3) is 10.9 Å². The van der Waals surface area contributed by atoms with Gasteiger partial charge in [0.05, 0.1) is 0 Å². The second-order valence-electron chi connectivity index (χ2n) is 5.36. The van der Waals surface area contributed by atoms with Crippen LogP contribution in [0.15, 0.2) is 30.5 Å². The zero-order chi connectivity index (χ0) is 12.5. The fourth-order valence-electron chi connectivity index (χ4n) is 2.80. The standard InChI is InChI=1S/C15H21N3/c1-16-7-9-18(10-8-16)12-13-11-17(2)15-6-4-3-5-14(13)15/h3-6,11H,7-10,12H2,1-2H3. The lowest BCUT2D eigenvalue weighted by Crippen LogP contribution is -2.43. The fraction of sp³-hybridized carbons (Fsp3) is 0.467. The Bertz CT molecular complexity index is 536. The molecule has 3 heteroatoms. The van der Waals surface area contributed by atoms with Gasteiger partial charge in [-0.15, -0.1) is 0 Å². The molecule has 0 bridgehead atoms. The third kappa shape index (κ3) is 2.16. The van der Waals surface area contributed by atoms with Gasteiger partial charge in [0, 0.05) is 56.9 Å². The van der Waals surface area contributed by atoms with Crippen LogP contribution < -0.4 is 0 Å². The number of rotatable bonds is 2. The third-order valence-corrected chi connectivity index (χ3v) is 3.97. The Morgan fingerprint density at radius 1 is 1.00 bits per heavy atom. The van der Waals surface area contributed by atoms with E-state index in [9.17, 15) is 0 Å². The minimum absolute atomic E-state index is 1.08. The molecule has 1 aliphatic rings. The van der Waals surface area contributed by atoms with Crippen LogP contribution in [0.5, 0.6) is 0 Å². The minimum Gasteiger partial charge on any atom is -0.350 e. The molecular weight excluding hydrogens is 222 g/mol. The van der Waals surface area contributed by atoms with Crippen molar-refractivity contribution in [3.63, 3.8) is 0 Å². The molecule has 2 heterocycles. The molecule has 1 aromatic carbocycles. The van der Waals surface area contributed by atoms with Gasteiger partial charge in [0.25, 0.3) is 0 Å². The Labute approximate surface area is 109 Å². The molecule has 1 aliphatic heterocycles. The molecule has 3 rings (SSSR count). The van der Waals surface area contributed by atoms with Gasteiger partial charge >= 0.3 is 0 Å². The number of aromatic nitrogens is 1. The first kappa shape index (κ1) is 11.8. The first-order valence-electron chi connectivity index (χ1n) is 6.68. The smallest absolute Gasteiger partial charge is 0.0481 e. The van der Waals surface area contributed by atoms with Crippen molar-refractivity contribution in [1.82, 2.24) is 14.4 Å². The van der Waals surface area contributed by atoms with Gasteiger partial charge in [0.2, 0.25) is 0 Å². The predicted octanol–water partition coefficient (Wildman–Crippen LogP) is 1.93. The second kappa shape index (κ2) is 4.75. The molecule has 1 fully saturated rings. The van der Waals surface area contributed by atoms with E-state index in [0.717, 1.165) is 6.54 Å². The predicted molar refractivity (Wildman–Crippen MR) is 75.7 cm³/mol. The van der Waals surface area contributed by atoms with Gasteiger partial charge in [-0.25, -0.2) is 0 Å². The summed E-state index contributed by atoms with van der Waals surface area (Å²) in [5.74, 6) is 0. The molecule has 0 saturated carbocycles. The number of hydrogen-bond acceptors (Lipinski definition) is 2. The zero-order valence-corrected chi connectivity index (χ0v) is 11.3. The summed E-state index contributed by atoms with van der Waals surface area (Å²) in [6.07, 6.45) is 2.28. The van der Waals surface area contributed by atoms with E-state index in [4.69, 9.17) is 0 Å². The highest BCUT2D eigenvalue weighted by Crippen LogP contribution is 2.21. The van der Waals surface area contributed by atoms with Crippen LogP contribution in [0.1, 0.15) is 5.56 Å². The van der Waals surface area contributed by atoms with E-state index in [1.165, 1.54) is 42.6 Å². The number of fused-ring (bicyclic) bond motifs is 1. The van der Waals surface area contributed by atoms with Crippen molar-refractivity contribution in [2.75, 3.05) is 33.2 Å². The average Bonchev–Trinajstić information content (AvgIpc) is 2.70. The number of hydrogen-bond donors (Lipinski definition) is 0. The summed E-state index contributed by atoms with van der Waals surface area (Å²) in [4.78, 5) is 4.96. The van der Waals surface area contributed by atoms with E-state index in [1.807, 2.05) is 0 Å². The van der Waals surface area contributed by atoms with Crippen LogP contribution in [0, 0.1) is 0 Å². The monoisotopic (exact) mass is 243 g/mol. The summed E-state index contributed by atoms with van der Waals surface area (Å²) in [5.41, 5.74) is 2.79. The molecule has 0 amide bonds. The average molecular weight is 243 g/mol. The lowest BCUT2D eigenvalue weighted by molar-refractivity contribution is 0.148. The first-order chi connectivity index (χ1) is 8.74.